The molecule has 0 aliphatic heterocycles. The van der Waals surface area contributed by atoms with Crippen molar-refractivity contribution in [3.8, 4) is 0 Å². The number of nitrogens with two attached hydrogens (primary N) is 1. The number of hydrogen-bond donors (Lipinski definition) is 1. The molecule has 0 aliphatic carbocycles. The Bertz CT molecular complexity index is 363. The molecule has 0 radical (unpaired) electrons. The maximum atomic E-state index is 10.6. The van der Waals surface area contributed by atoms with E-state index >= 15 is 0 Å². The van der Waals surface area contributed by atoms with E-state index in [4.69, 9.17) is 10.5 Å². The minimum Gasteiger partial charge on any atom is -0.444 e. The lowest BCUT2D eigenvalue weighted by Gasteiger charge is -2.23. The molecule has 6 heteroatoms. The second-order valence-corrected chi connectivity index (χ2v) is 5.32. The van der Waals surface area contributed by atoms with Gasteiger partial charge in [0.25, 0.3) is 0 Å². The van der Waals surface area contributed by atoms with Crippen molar-refractivity contribution < 1.29 is 9.53 Å². The molecule has 0 atom stereocenters. The fourth-order valence-corrected chi connectivity index (χ4v) is 1.95. The molecule has 1 aromatic heterocycles. The van der Waals surface area contributed by atoms with Crippen molar-refractivity contribution >= 4 is 28.7 Å². The third-order valence-corrected chi connectivity index (χ3v) is 2.73. The van der Waals surface area contributed by atoms with E-state index in [1.54, 1.807) is 6.33 Å². The van der Waals surface area contributed by atoms with E-state index in [0.29, 0.717) is 0 Å². The number of ether oxygens (including phenoxy) is 1. The molecule has 0 bridgehead atoms. The lowest BCUT2D eigenvalue weighted by Crippen LogP contribution is -2.31. The highest BCUT2D eigenvalue weighted by Crippen LogP contribution is 2.17. The molecule has 0 fully saturated rings. The molecule has 0 saturated heterocycles. The molecule has 0 saturated carbocycles. The zero-order valence-corrected chi connectivity index (χ0v) is 11.6. The summed E-state index contributed by atoms with van der Waals surface area (Å²) in [7, 11) is 0. The molecule has 0 aromatic carbocycles. The SMILES string of the molecule is CC(C)(CCCn1cnc(I)c1)OC(N)=O. The summed E-state index contributed by atoms with van der Waals surface area (Å²) in [5, 5.41) is 0. The molecule has 1 amide bonds. The summed E-state index contributed by atoms with van der Waals surface area (Å²) in [6.45, 7) is 4.58. The molecule has 5 nitrogen and oxygen atoms in total. The van der Waals surface area contributed by atoms with E-state index in [9.17, 15) is 4.79 Å². The second-order valence-electron chi connectivity index (χ2n) is 4.22. The van der Waals surface area contributed by atoms with Crippen molar-refractivity contribution in [3.63, 3.8) is 0 Å². The standard InChI is InChI=1S/C10H16IN3O2/c1-10(2,16-9(12)15)4-3-5-14-6-8(11)13-7-14/h6-7H,3-5H2,1-2H3,(H2,12,15). The first-order valence-electron chi connectivity index (χ1n) is 5.05. The quantitative estimate of drug-likeness (QED) is 0.837. The molecular formula is C10H16IN3O2. The fourth-order valence-electron chi connectivity index (χ4n) is 1.47. The normalized spacial score (nSPS) is 11.4. The van der Waals surface area contributed by atoms with Gasteiger partial charge in [-0.05, 0) is 49.3 Å². The summed E-state index contributed by atoms with van der Waals surface area (Å²) in [6.07, 6.45) is 4.73. The molecular weight excluding hydrogens is 321 g/mol. The first-order valence-corrected chi connectivity index (χ1v) is 6.13. The molecule has 0 spiro atoms. The summed E-state index contributed by atoms with van der Waals surface area (Å²) in [4.78, 5) is 14.8. The van der Waals surface area contributed by atoms with Crippen molar-refractivity contribution in [2.75, 3.05) is 0 Å². The maximum absolute atomic E-state index is 10.6. The van der Waals surface area contributed by atoms with E-state index in [1.165, 1.54) is 0 Å². The van der Waals surface area contributed by atoms with Crippen molar-refractivity contribution in [1.82, 2.24) is 9.55 Å². The van der Waals surface area contributed by atoms with Crippen LogP contribution >= 0.6 is 22.6 Å². The number of amides is 1. The Labute approximate surface area is 109 Å². The predicted molar refractivity (Wildman–Crippen MR) is 68.9 cm³/mol. The Morgan fingerprint density at radius 2 is 2.38 bits per heavy atom. The van der Waals surface area contributed by atoms with Gasteiger partial charge in [0, 0.05) is 12.7 Å². The lowest BCUT2D eigenvalue weighted by atomic mass is 10.0. The Kier molecular flexibility index (Phi) is 4.57. The minimum absolute atomic E-state index is 0.500. The van der Waals surface area contributed by atoms with Crippen LogP contribution in [-0.4, -0.2) is 21.2 Å². The number of rotatable bonds is 5. The smallest absolute Gasteiger partial charge is 0.405 e. The van der Waals surface area contributed by atoms with Gasteiger partial charge in [-0.1, -0.05) is 0 Å². The molecule has 16 heavy (non-hydrogen) atoms. The first-order chi connectivity index (χ1) is 7.39. The summed E-state index contributed by atoms with van der Waals surface area (Å²) in [5.74, 6) is 0. The first kappa shape index (κ1) is 13.3. The van der Waals surface area contributed by atoms with Crippen molar-refractivity contribution in [2.45, 2.75) is 38.8 Å². The number of imidazole rings is 1. The van der Waals surface area contributed by atoms with Gasteiger partial charge >= 0.3 is 6.09 Å². The van der Waals surface area contributed by atoms with E-state index in [1.807, 2.05) is 24.6 Å². The van der Waals surface area contributed by atoms with Gasteiger partial charge in [0.1, 0.15) is 9.30 Å². The fraction of sp³-hybridized carbons (Fsp3) is 0.600. The zero-order valence-electron chi connectivity index (χ0n) is 9.44. The third-order valence-electron chi connectivity index (χ3n) is 2.17. The van der Waals surface area contributed by atoms with Crippen LogP contribution in [0, 0.1) is 3.70 Å². The number of hydrogen-bond acceptors (Lipinski definition) is 3. The molecule has 0 aliphatic rings. The highest BCUT2D eigenvalue weighted by atomic mass is 127. The Hall–Kier alpha value is -0.790. The molecule has 90 valence electrons. The van der Waals surface area contributed by atoms with E-state index in [2.05, 4.69) is 27.6 Å². The summed E-state index contributed by atoms with van der Waals surface area (Å²) in [6, 6.07) is 0. The second kappa shape index (κ2) is 5.51. The monoisotopic (exact) mass is 337 g/mol. The highest BCUT2D eigenvalue weighted by Gasteiger charge is 2.20. The third kappa shape index (κ3) is 4.82. The summed E-state index contributed by atoms with van der Waals surface area (Å²) < 4.78 is 7.99. The Balaban J connectivity index is 2.32. The van der Waals surface area contributed by atoms with Gasteiger partial charge < -0.3 is 15.0 Å². The molecule has 2 N–H and O–H groups in total. The Morgan fingerprint density at radius 1 is 1.69 bits per heavy atom. The van der Waals surface area contributed by atoms with Gasteiger partial charge in [-0.25, -0.2) is 9.78 Å². The zero-order chi connectivity index (χ0) is 12.2. The van der Waals surface area contributed by atoms with Crippen LogP contribution in [-0.2, 0) is 11.3 Å². The van der Waals surface area contributed by atoms with Gasteiger partial charge in [0.15, 0.2) is 0 Å². The number of halogens is 1. The molecule has 1 rings (SSSR count). The van der Waals surface area contributed by atoms with Crippen LogP contribution in [0.15, 0.2) is 12.5 Å². The maximum Gasteiger partial charge on any atom is 0.405 e. The highest BCUT2D eigenvalue weighted by molar-refractivity contribution is 14.1. The molecule has 0 unspecified atom stereocenters. The van der Waals surface area contributed by atoms with Crippen LogP contribution in [0.25, 0.3) is 0 Å². The van der Waals surface area contributed by atoms with Crippen molar-refractivity contribution in [1.29, 1.82) is 0 Å². The van der Waals surface area contributed by atoms with Crippen LogP contribution in [0.2, 0.25) is 0 Å². The van der Waals surface area contributed by atoms with E-state index < -0.39 is 11.7 Å². The number of carbonyl (C=O) groups excluding carboxylic acids is 1. The summed E-state index contributed by atoms with van der Waals surface area (Å²) in [5.41, 5.74) is 4.49. The van der Waals surface area contributed by atoms with Crippen molar-refractivity contribution in [3.05, 3.63) is 16.2 Å². The van der Waals surface area contributed by atoms with Crippen LogP contribution in [0.5, 0.6) is 0 Å². The number of primary amides is 1. The van der Waals surface area contributed by atoms with Gasteiger partial charge in [-0.2, -0.15) is 0 Å². The number of aromatic nitrogens is 2. The predicted octanol–water partition coefficient (Wildman–Crippen LogP) is 2.14. The lowest BCUT2D eigenvalue weighted by molar-refractivity contribution is 0.0369. The topological polar surface area (TPSA) is 70.1 Å². The summed E-state index contributed by atoms with van der Waals surface area (Å²) >= 11 is 2.17. The van der Waals surface area contributed by atoms with E-state index in [-0.39, 0.29) is 0 Å². The largest absolute Gasteiger partial charge is 0.444 e. The minimum atomic E-state index is -0.720. The van der Waals surface area contributed by atoms with Gasteiger partial charge in [-0.3, -0.25) is 0 Å². The average Bonchev–Trinajstić information content (AvgIpc) is 2.48. The van der Waals surface area contributed by atoms with Crippen molar-refractivity contribution in [2.24, 2.45) is 5.73 Å². The Morgan fingerprint density at radius 3 is 2.88 bits per heavy atom. The van der Waals surface area contributed by atoms with Gasteiger partial charge in [-0.15, -0.1) is 0 Å². The van der Waals surface area contributed by atoms with Crippen LogP contribution < -0.4 is 5.73 Å². The van der Waals surface area contributed by atoms with Crippen LogP contribution in [0.4, 0.5) is 4.79 Å². The van der Waals surface area contributed by atoms with Gasteiger partial charge in [0.05, 0.1) is 6.33 Å². The average molecular weight is 337 g/mol. The van der Waals surface area contributed by atoms with Crippen LogP contribution in [0.3, 0.4) is 0 Å². The van der Waals surface area contributed by atoms with Gasteiger partial charge in [0.2, 0.25) is 0 Å². The number of carbonyl (C=O) groups is 1. The van der Waals surface area contributed by atoms with E-state index in [0.717, 1.165) is 23.1 Å². The number of aryl methyl sites for hydroxylation is 1. The molecule has 1 aromatic rings. The van der Waals surface area contributed by atoms with Crippen LogP contribution in [0.1, 0.15) is 26.7 Å². The number of nitrogens with zero attached hydrogens (tertiary/aromatic N) is 2. The molecule has 1 heterocycles.